The molecule has 0 spiro atoms. The van der Waals surface area contributed by atoms with Crippen molar-refractivity contribution >= 4 is 22.5 Å². The van der Waals surface area contributed by atoms with Crippen molar-refractivity contribution in [1.82, 2.24) is 15.3 Å². The van der Waals surface area contributed by atoms with Crippen molar-refractivity contribution in [3.05, 3.63) is 34.5 Å². The minimum atomic E-state index is -0.297. The lowest BCUT2D eigenvalue weighted by atomic mass is 10.3. The van der Waals surface area contributed by atoms with Crippen molar-refractivity contribution < 1.29 is 14.3 Å². The fourth-order valence-corrected chi connectivity index (χ4v) is 3.11. The summed E-state index contributed by atoms with van der Waals surface area (Å²) < 4.78 is 10.7. The van der Waals surface area contributed by atoms with Crippen molar-refractivity contribution in [2.75, 3.05) is 25.6 Å². The van der Waals surface area contributed by atoms with Crippen LogP contribution in [-0.2, 0) is 4.74 Å². The highest BCUT2D eigenvalue weighted by Gasteiger charge is 2.22. The summed E-state index contributed by atoms with van der Waals surface area (Å²) in [4.78, 5) is 21.3. The number of nitrogens with zero attached hydrogens (tertiary/aromatic N) is 2. The van der Waals surface area contributed by atoms with Gasteiger partial charge in [-0.05, 0) is 44.6 Å². The van der Waals surface area contributed by atoms with Gasteiger partial charge in [0, 0.05) is 31.0 Å². The Morgan fingerprint density at radius 2 is 2.21 bits per heavy atom. The number of aromatic nitrogens is 2. The summed E-state index contributed by atoms with van der Waals surface area (Å²) in [5, 5.41) is 6.07. The molecule has 1 fully saturated rings. The topological polar surface area (TPSA) is 85.4 Å². The number of urea groups is 1. The Bertz CT molecular complexity index is 866. The van der Waals surface area contributed by atoms with Gasteiger partial charge in [-0.15, -0.1) is 0 Å². The molecule has 2 aromatic rings. The second-order valence-corrected chi connectivity index (χ2v) is 7.69. The number of carbonyl (C=O) groups excluding carboxylic acids is 1. The van der Waals surface area contributed by atoms with E-state index < -0.39 is 0 Å². The maximum Gasteiger partial charge on any atom is 0.321 e. The molecule has 0 radical (unpaired) electrons. The Morgan fingerprint density at radius 1 is 1.39 bits per heavy atom. The van der Waals surface area contributed by atoms with E-state index in [1.165, 1.54) is 24.2 Å². The molecule has 2 aromatic heterocycles. The average Bonchev–Trinajstić information content (AvgIpc) is 3.46. The number of hydrogen-bond acceptors (Lipinski definition) is 6. The molecule has 2 N–H and O–H groups in total. The molecule has 1 saturated carbocycles. The summed E-state index contributed by atoms with van der Waals surface area (Å²) in [6, 6.07) is 3.30. The molecular formula is C20H24N4O3S. The number of amides is 2. The quantitative estimate of drug-likeness (QED) is 0.697. The van der Waals surface area contributed by atoms with Crippen LogP contribution >= 0.6 is 11.3 Å². The van der Waals surface area contributed by atoms with Crippen LogP contribution in [0.1, 0.15) is 35.9 Å². The van der Waals surface area contributed by atoms with Gasteiger partial charge in [-0.1, -0.05) is 17.3 Å². The molecule has 1 aliphatic carbocycles. The predicted octanol–water partition coefficient (Wildman–Crippen LogP) is 3.19. The summed E-state index contributed by atoms with van der Waals surface area (Å²) in [5.74, 6) is 7.38. The van der Waals surface area contributed by atoms with Gasteiger partial charge < -0.3 is 14.8 Å². The lowest BCUT2D eigenvalue weighted by Crippen LogP contribution is -2.35. The smallest absolute Gasteiger partial charge is 0.321 e. The third-order valence-corrected chi connectivity index (χ3v) is 5.13. The van der Waals surface area contributed by atoms with Gasteiger partial charge >= 0.3 is 6.03 Å². The molecule has 0 saturated heterocycles. The van der Waals surface area contributed by atoms with Crippen LogP contribution in [0.4, 0.5) is 9.93 Å². The molecule has 7 nitrogen and oxygen atoms in total. The minimum absolute atomic E-state index is 0.0103. The number of anilines is 1. The van der Waals surface area contributed by atoms with E-state index in [2.05, 4.69) is 32.4 Å². The van der Waals surface area contributed by atoms with Crippen LogP contribution in [0.15, 0.2) is 18.3 Å². The van der Waals surface area contributed by atoms with Crippen molar-refractivity contribution in [2.45, 2.75) is 32.8 Å². The molecule has 0 aliphatic heterocycles. The first-order valence-corrected chi connectivity index (χ1v) is 10.0. The van der Waals surface area contributed by atoms with Crippen molar-refractivity contribution in [3.8, 4) is 17.7 Å². The van der Waals surface area contributed by atoms with E-state index in [0.717, 1.165) is 22.7 Å². The van der Waals surface area contributed by atoms with E-state index in [9.17, 15) is 4.79 Å². The number of hydrogen-bond donors (Lipinski definition) is 2. The molecule has 2 amide bonds. The van der Waals surface area contributed by atoms with Crippen LogP contribution in [0, 0.1) is 24.7 Å². The molecule has 1 aliphatic rings. The van der Waals surface area contributed by atoms with Crippen LogP contribution in [0.3, 0.4) is 0 Å². The Balaban J connectivity index is 1.50. The van der Waals surface area contributed by atoms with E-state index in [1.54, 1.807) is 19.4 Å². The molecule has 0 bridgehead atoms. The van der Waals surface area contributed by atoms with E-state index in [0.29, 0.717) is 23.5 Å². The minimum Gasteiger partial charge on any atom is -0.481 e. The average molecular weight is 401 g/mol. The van der Waals surface area contributed by atoms with Crippen molar-refractivity contribution in [3.63, 3.8) is 0 Å². The van der Waals surface area contributed by atoms with Gasteiger partial charge in [-0.3, -0.25) is 5.32 Å². The molecule has 0 unspecified atom stereocenters. The lowest BCUT2D eigenvalue weighted by molar-refractivity contribution is 0.0601. The van der Waals surface area contributed by atoms with E-state index in [-0.39, 0.29) is 12.1 Å². The number of thiazole rings is 1. The number of aryl methyl sites for hydroxylation is 1. The number of nitrogens with one attached hydrogen (secondary N) is 2. The number of pyridine rings is 1. The molecule has 2 heterocycles. The van der Waals surface area contributed by atoms with Crippen LogP contribution in [0.5, 0.6) is 5.88 Å². The van der Waals surface area contributed by atoms with Crippen LogP contribution in [0.25, 0.3) is 0 Å². The van der Waals surface area contributed by atoms with Crippen molar-refractivity contribution in [1.29, 1.82) is 0 Å². The Hall–Kier alpha value is -2.63. The fourth-order valence-electron chi connectivity index (χ4n) is 2.29. The lowest BCUT2D eigenvalue weighted by Gasteiger charge is -2.13. The first-order valence-electron chi connectivity index (χ1n) is 9.19. The summed E-state index contributed by atoms with van der Waals surface area (Å²) in [6.07, 6.45) is 4.15. The molecule has 28 heavy (non-hydrogen) atoms. The fraction of sp³-hybridized carbons (Fsp3) is 0.450. The van der Waals surface area contributed by atoms with E-state index in [4.69, 9.17) is 9.47 Å². The Labute approximate surface area is 168 Å². The highest BCUT2D eigenvalue weighted by Crippen LogP contribution is 2.29. The molecule has 8 heteroatoms. The molecule has 148 valence electrons. The molecule has 1 atom stereocenters. The van der Waals surface area contributed by atoms with Gasteiger partial charge in [0.25, 0.3) is 0 Å². The normalized spacial score (nSPS) is 14.0. The largest absolute Gasteiger partial charge is 0.481 e. The third kappa shape index (κ3) is 6.22. The standard InChI is InChI=1S/C20H24N4O3S/c1-13(27-12-16-4-5-16)10-22-19(25)24-20-23-14(2)17(28-20)8-6-15-7-9-18(26-3)21-11-15/h7,9,11,13,16H,4-5,10,12H2,1-3H3,(H2,22,23,24,25)/t13-/m0/s1. The summed E-state index contributed by atoms with van der Waals surface area (Å²) in [7, 11) is 1.57. The zero-order valence-electron chi connectivity index (χ0n) is 16.2. The van der Waals surface area contributed by atoms with Gasteiger partial charge in [-0.25, -0.2) is 14.8 Å². The van der Waals surface area contributed by atoms with E-state index in [1.807, 2.05) is 19.9 Å². The first-order chi connectivity index (χ1) is 13.5. The SMILES string of the molecule is COc1ccc(C#Cc2sc(NC(=O)NC[C@H](C)OCC3CC3)nc2C)cn1. The zero-order valence-corrected chi connectivity index (χ0v) is 17.1. The predicted molar refractivity (Wildman–Crippen MR) is 109 cm³/mol. The molecule has 3 rings (SSSR count). The number of ether oxygens (including phenoxy) is 2. The van der Waals surface area contributed by atoms with Crippen LogP contribution in [0.2, 0.25) is 0 Å². The highest BCUT2D eigenvalue weighted by atomic mass is 32.1. The first kappa shape index (κ1) is 20.1. The van der Waals surface area contributed by atoms with Gasteiger partial charge in [0.15, 0.2) is 5.13 Å². The van der Waals surface area contributed by atoms with Gasteiger partial charge in [0.2, 0.25) is 5.88 Å². The Morgan fingerprint density at radius 3 is 2.89 bits per heavy atom. The number of carbonyl (C=O) groups is 1. The van der Waals surface area contributed by atoms with Crippen LogP contribution < -0.4 is 15.4 Å². The Kier molecular flexibility index (Phi) is 6.85. The summed E-state index contributed by atoms with van der Waals surface area (Å²) >= 11 is 1.34. The molecule has 0 aromatic carbocycles. The second kappa shape index (κ2) is 9.53. The maximum absolute atomic E-state index is 12.1. The summed E-state index contributed by atoms with van der Waals surface area (Å²) in [6.45, 7) is 5.06. The monoisotopic (exact) mass is 400 g/mol. The maximum atomic E-state index is 12.1. The highest BCUT2D eigenvalue weighted by molar-refractivity contribution is 7.16. The van der Waals surface area contributed by atoms with E-state index >= 15 is 0 Å². The second-order valence-electron chi connectivity index (χ2n) is 6.70. The third-order valence-electron chi connectivity index (χ3n) is 4.15. The van der Waals surface area contributed by atoms with Gasteiger partial charge in [-0.2, -0.15) is 0 Å². The van der Waals surface area contributed by atoms with Crippen LogP contribution in [-0.4, -0.2) is 42.4 Å². The zero-order chi connectivity index (χ0) is 19.9. The van der Waals surface area contributed by atoms with Gasteiger partial charge in [0.1, 0.15) is 4.88 Å². The summed E-state index contributed by atoms with van der Waals surface area (Å²) in [5.41, 5.74) is 1.55. The number of methoxy groups -OCH3 is 1. The molecular weight excluding hydrogens is 376 g/mol. The van der Waals surface area contributed by atoms with Crippen molar-refractivity contribution in [2.24, 2.45) is 5.92 Å². The van der Waals surface area contributed by atoms with Gasteiger partial charge in [0.05, 0.1) is 18.9 Å². The number of rotatable bonds is 7.